The van der Waals surface area contributed by atoms with Crippen LogP contribution in [-0.4, -0.2) is 42.7 Å². The number of carbonyl (C=O) groups is 1. The number of hydrogen-bond donors (Lipinski definition) is 2. The number of nitrogens with zero attached hydrogens (tertiary/aromatic N) is 2. The summed E-state index contributed by atoms with van der Waals surface area (Å²) in [4.78, 5) is 16.0. The number of aliphatic hydroxyl groups excluding tert-OH is 1. The maximum atomic E-state index is 11.2. The van der Waals surface area contributed by atoms with Crippen LogP contribution >= 0.6 is 8.58 Å². The van der Waals surface area contributed by atoms with Crippen LogP contribution in [0.4, 0.5) is 0 Å². The van der Waals surface area contributed by atoms with E-state index in [0.717, 1.165) is 4.81 Å². The van der Waals surface area contributed by atoms with Crippen molar-refractivity contribution in [2.24, 2.45) is 10.7 Å². The number of rotatable bonds is 3. The van der Waals surface area contributed by atoms with E-state index in [4.69, 9.17) is 18.8 Å². The largest absolute Gasteiger partial charge is 0.399 e. The minimum absolute atomic E-state index is 0.0250. The zero-order chi connectivity index (χ0) is 9.84. The second-order valence-corrected chi connectivity index (χ2v) is 3.41. The highest BCUT2D eigenvalue weighted by Gasteiger charge is 2.24. The Morgan fingerprint density at radius 2 is 2.54 bits per heavy atom. The Hall–Kier alpha value is -0.865. The van der Waals surface area contributed by atoms with Gasteiger partial charge in [0.05, 0.1) is 12.0 Å². The molecule has 5 nitrogen and oxygen atoms in total. The van der Waals surface area contributed by atoms with Crippen molar-refractivity contribution in [2.75, 3.05) is 12.9 Å². The Morgan fingerprint density at radius 1 is 1.85 bits per heavy atom. The van der Waals surface area contributed by atoms with Crippen LogP contribution in [0.5, 0.6) is 0 Å². The Kier molecular flexibility index (Phi) is 3.45. The van der Waals surface area contributed by atoms with Crippen LogP contribution in [0, 0.1) is 0 Å². The van der Waals surface area contributed by atoms with Crippen molar-refractivity contribution in [1.29, 1.82) is 0 Å². The molecule has 0 saturated carbocycles. The highest BCUT2D eigenvalue weighted by atomic mass is 31.1. The lowest BCUT2D eigenvalue weighted by molar-refractivity contribution is -0.121. The molecule has 0 bridgehead atoms. The first-order valence-electron chi connectivity index (χ1n) is 3.58. The van der Waals surface area contributed by atoms with Gasteiger partial charge in [-0.25, -0.2) is 4.99 Å². The van der Waals surface area contributed by atoms with Gasteiger partial charge in [-0.05, 0) is 0 Å². The maximum absolute atomic E-state index is 11.2. The highest BCUT2D eigenvalue weighted by Crippen LogP contribution is 2.15. The molecule has 1 atom stereocenters. The van der Waals surface area contributed by atoms with Gasteiger partial charge in [-0.1, -0.05) is 8.58 Å². The molecule has 1 amide bonds. The van der Waals surface area contributed by atoms with Gasteiger partial charge >= 0.3 is 0 Å². The molecule has 1 aliphatic rings. The summed E-state index contributed by atoms with van der Waals surface area (Å²) in [5.41, 5.74) is 6.06. The zero-order valence-electron chi connectivity index (χ0n) is 6.90. The number of nitrogens with two attached hydrogens (primary N) is 1. The van der Waals surface area contributed by atoms with E-state index in [1.165, 1.54) is 5.96 Å². The molecular weight excluding hydrogens is 188 g/mol. The van der Waals surface area contributed by atoms with Crippen molar-refractivity contribution in [3.8, 4) is 0 Å². The SMILES string of the molecule is [B]N1CC(N)=C(N=CPCO)C1=O. The fourth-order valence-electron chi connectivity index (χ4n) is 0.893. The summed E-state index contributed by atoms with van der Waals surface area (Å²) in [6.07, 6.45) is 0.0250. The van der Waals surface area contributed by atoms with E-state index >= 15 is 0 Å². The summed E-state index contributed by atoms with van der Waals surface area (Å²) >= 11 is 0. The van der Waals surface area contributed by atoms with E-state index in [-0.39, 0.29) is 33.1 Å². The third kappa shape index (κ3) is 2.29. The van der Waals surface area contributed by atoms with Crippen LogP contribution in [0.1, 0.15) is 0 Å². The van der Waals surface area contributed by atoms with Gasteiger partial charge in [-0.2, -0.15) is 0 Å². The van der Waals surface area contributed by atoms with Gasteiger partial charge in [0, 0.05) is 12.5 Å². The molecule has 68 valence electrons. The molecule has 0 fully saturated rings. The topological polar surface area (TPSA) is 78.9 Å². The number of hydrogen-bond acceptors (Lipinski definition) is 4. The minimum Gasteiger partial charge on any atom is -0.399 e. The maximum Gasteiger partial charge on any atom is 0.261 e. The molecule has 1 aliphatic heterocycles. The van der Waals surface area contributed by atoms with Gasteiger partial charge < -0.3 is 15.7 Å². The lowest BCUT2D eigenvalue weighted by atomic mass is 10.3. The summed E-state index contributed by atoms with van der Waals surface area (Å²) in [5, 5.41) is 8.48. The van der Waals surface area contributed by atoms with Crippen LogP contribution in [0.2, 0.25) is 0 Å². The predicted molar refractivity (Wildman–Crippen MR) is 52.6 cm³/mol. The molecule has 0 aliphatic carbocycles. The van der Waals surface area contributed by atoms with Crippen molar-refractivity contribution in [3.63, 3.8) is 0 Å². The standard InChI is InChI=1S/C6H9BN3O2P/c7-10-1-4(8)5(6(10)12)9-2-13-3-11/h2,11,13H,1,3,8H2. The molecule has 0 saturated heterocycles. The summed E-state index contributed by atoms with van der Waals surface area (Å²) < 4.78 is 0. The molecular formula is C6H9BN3O2P. The Bertz CT molecular complexity index is 279. The van der Waals surface area contributed by atoms with Gasteiger partial charge in [0.2, 0.25) is 7.98 Å². The Labute approximate surface area is 78.9 Å². The molecule has 1 unspecified atom stereocenters. The molecule has 2 radical (unpaired) electrons. The Balaban J connectivity index is 2.68. The fourth-order valence-corrected chi connectivity index (χ4v) is 1.19. The molecule has 0 aromatic carbocycles. The van der Waals surface area contributed by atoms with Crippen molar-refractivity contribution >= 4 is 28.4 Å². The average molecular weight is 197 g/mol. The smallest absolute Gasteiger partial charge is 0.261 e. The summed E-state index contributed by atoms with van der Waals surface area (Å²) in [6, 6.07) is 0. The van der Waals surface area contributed by atoms with Crippen LogP contribution < -0.4 is 5.73 Å². The van der Waals surface area contributed by atoms with Crippen LogP contribution in [0.25, 0.3) is 0 Å². The monoisotopic (exact) mass is 197 g/mol. The van der Waals surface area contributed by atoms with E-state index < -0.39 is 0 Å². The number of aliphatic imine (C=N–C) groups is 1. The summed E-state index contributed by atoms with van der Waals surface area (Å²) in [7, 11) is 5.48. The van der Waals surface area contributed by atoms with Crippen LogP contribution in [0.3, 0.4) is 0 Å². The molecule has 0 aromatic rings. The molecule has 13 heavy (non-hydrogen) atoms. The van der Waals surface area contributed by atoms with E-state index in [2.05, 4.69) is 4.99 Å². The van der Waals surface area contributed by atoms with Gasteiger partial charge in [-0.15, -0.1) is 0 Å². The first kappa shape index (κ1) is 10.2. The highest BCUT2D eigenvalue weighted by molar-refractivity contribution is 7.55. The predicted octanol–water partition coefficient (Wildman–Crippen LogP) is -1.26. The number of carbonyl (C=O) groups excluding carboxylic acids is 1. The van der Waals surface area contributed by atoms with Crippen LogP contribution in [0.15, 0.2) is 16.4 Å². The molecule has 7 heteroatoms. The van der Waals surface area contributed by atoms with Crippen molar-refractivity contribution < 1.29 is 9.90 Å². The summed E-state index contributed by atoms with van der Waals surface area (Å²) in [5.74, 6) is 1.09. The van der Waals surface area contributed by atoms with Gasteiger partial charge in [0.25, 0.3) is 5.91 Å². The molecule has 1 rings (SSSR count). The van der Waals surface area contributed by atoms with Crippen molar-refractivity contribution in [2.45, 2.75) is 0 Å². The lowest BCUT2D eigenvalue weighted by Gasteiger charge is -2.06. The van der Waals surface area contributed by atoms with Crippen molar-refractivity contribution in [3.05, 3.63) is 11.4 Å². The van der Waals surface area contributed by atoms with Gasteiger partial charge in [-0.3, -0.25) is 4.79 Å². The average Bonchev–Trinajstić information content (AvgIpc) is 2.32. The van der Waals surface area contributed by atoms with E-state index in [1.807, 2.05) is 0 Å². The third-order valence-corrected chi connectivity index (χ3v) is 1.98. The molecule has 0 spiro atoms. The summed E-state index contributed by atoms with van der Waals surface area (Å²) in [6.45, 7) is 0.216. The molecule has 1 heterocycles. The van der Waals surface area contributed by atoms with Gasteiger partial charge in [0.15, 0.2) is 0 Å². The van der Waals surface area contributed by atoms with E-state index in [1.54, 1.807) is 0 Å². The number of aliphatic hydroxyl groups is 1. The van der Waals surface area contributed by atoms with Crippen molar-refractivity contribution in [1.82, 2.24) is 4.81 Å². The van der Waals surface area contributed by atoms with Crippen LogP contribution in [-0.2, 0) is 4.79 Å². The van der Waals surface area contributed by atoms with Gasteiger partial charge in [0.1, 0.15) is 5.70 Å². The molecule has 0 aromatic heterocycles. The normalized spacial score (nSPS) is 18.8. The zero-order valence-corrected chi connectivity index (χ0v) is 7.90. The first-order chi connectivity index (χ1) is 6.16. The fraction of sp³-hybridized carbons (Fsp3) is 0.333. The first-order valence-corrected chi connectivity index (χ1v) is 4.87. The van der Waals surface area contributed by atoms with E-state index in [9.17, 15) is 4.79 Å². The quantitative estimate of drug-likeness (QED) is 0.336. The third-order valence-electron chi connectivity index (χ3n) is 1.48. The Morgan fingerprint density at radius 3 is 3.00 bits per heavy atom. The van der Waals surface area contributed by atoms with E-state index in [0.29, 0.717) is 5.70 Å². The lowest BCUT2D eigenvalue weighted by Crippen LogP contribution is -2.23. The molecule has 3 N–H and O–H groups in total. The second-order valence-electron chi connectivity index (χ2n) is 2.43. The second kappa shape index (κ2) is 4.39. The minimum atomic E-state index is -0.378. The number of amides is 1.